The van der Waals surface area contributed by atoms with E-state index in [9.17, 15) is 4.79 Å². The topological polar surface area (TPSA) is 65.9 Å². The van der Waals surface area contributed by atoms with Crippen LogP contribution in [0.1, 0.15) is 5.56 Å². The Hall–Kier alpha value is -1.76. The van der Waals surface area contributed by atoms with Crippen molar-refractivity contribution in [3.05, 3.63) is 28.2 Å². The number of H-pyrrole nitrogens is 1. The fraction of sp³-hybridized carbons (Fsp3) is 0.143. The smallest absolute Gasteiger partial charge is 0.251 e. The van der Waals surface area contributed by atoms with E-state index in [1.165, 1.54) is 19.4 Å². The summed E-state index contributed by atoms with van der Waals surface area (Å²) in [7, 11) is 1.41. The molecule has 0 spiro atoms. The number of aromatic amines is 1. The van der Waals surface area contributed by atoms with Crippen molar-refractivity contribution in [2.75, 3.05) is 7.11 Å². The first kappa shape index (κ1) is 7.35. The van der Waals surface area contributed by atoms with Crippen LogP contribution in [0.5, 0.6) is 5.75 Å². The molecule has 4 heteroatoms. The van der Waals surface area contributed by atoms with Gasteiger partial charge in [-0.2, -0.15) is 5.26 Å². The fourth-order valence-electron chi connectivity index (χ4n) is 0.709. The van der Waals surface area contributed by atoms with Crippen LogP contribution in [0.3, 0.4) is 0 Å². The van der Waals surface area contributed by atoms with E-state index in [0.717, 1.165) is 0 Å². The summed E-state index contributed by atoms with van der Waals surface area (Å²) in [6.07, 6.45) is 1.32. The number of methoxy groups -OCH3 is 1. The average Bonchev–Trinajstić information content (AvgIpc) is 2.04. The SMILES string of the molecule is COc1cc(=O)[nH]cc1C#N. The Labute approximate surface area is 63.0 Å². The lowest BCUT2D eigenvalue weighted by atomic mass is 10.3. The molecule has 1 aromatic rings. The number of nitriles is 1. The van der Waals surface area contributed by atoms with Gasteiger partial charge in [0.2, 0.25) is 0 Å². The van der Waals surface area contributed by atoms with E-state index >= 15 is 0 Å². The van der Waals surface area contributed by atoms with E-state index in [0.29, 0.717) is 11.3 Å². The summed E-state index contributed by atoms with van der Waals surface area (Å²) in [4.78, 5) is 13.0. The highest BCUT2D eigenvalue weighted by atomic mass is 16.5. The molecule has 0 saturated heterocycles. The van der Waals surface area contributed by atoms with Crippen molar-refractivity contribution in [1.29, 1.82) is 5.26 Å². The predicted octanol–water partition coefficient (Wildman–Crippen LogP) is 0.255. The van der Waals surface area contributed by atoms with Crippen LogP contribution in [-0.4, -0.2) is 12.1 Å². The largest absolute Gasteiger partial charge is 0.495 e. The highest BCUT2D eigenvalue weighted by molar-refractivity contribution is 5.39. The van der Waals surface area contributed by atoms with E-state index in [-0.39, 0.29) is 5.56 Å². The molecule has 0 aliphatic carbocycles. The molecule has 1 rings (SSSR count). The summed E-state index contributed by atoms with van der Waals surface area (Å²) < 4.78 is 4.77. The maximum absolute atomic E-state index is 10.7. The van der Waals surface area contributed by atoms with Crippen LogP contribution in [0.25, 0.3) is 0 Å². The Balaban J connectivity index is 3.30. The zero-order valence-corrected chi connectivity index (χ0v) is 5.92. The van der Waals surface area contributed by atoms with Gasteiger partial charge < -0.3 is 9.72 Å². The minimum atomic E-state index is -0.277. The van der Waals surface area contributed by atoms with Crippen LogP contribution >= 0.6 is 0 Å². The molecule has 56 valence electrons. The first-order valence-electron chi connectivity index (χ1n) is 2.94. The van der Waals surface area contributed by atoms with Gasteiger partial charge in [-0.05, 0) is 0 Å². The van der Waals surface area contributed by atoms with E-state index in [2.05, 4.69) is 4.98 Å². The number of hydrogen-bond acceptors (Lipinski definition) is 3. The fourth-order valence-corrected chi connectivity index (χ4v) is 0.709. The quantitative estimate of drug-likeness (QED) is 0.624. The molecular weight excluding hydrogens is 144 g/mol. The molecule has 0 amide bonds. The summed E-state index contributed by atoms with van der Waals surface area (Å²) in [6, 6.07) is 3.11. The summed E-state index contributed by atoms with van der Waals surface area (Å²) in [5.41, 5.74) is 0.0490. The van der Waals surface area contributed by atoms with Gasteiger partial charge in [-0.1, -0.05) is 0 Å². The summed E-state index contributed by atoms with van der Waals surface area (Å²) in [5.74, 6) is 0.302. The highest BCUT2D eigenvalue weighted by Crippen LogP contribution is 2.11. The van der Waals surface area contributed by atoms with Gasteiger partial charge in [-0.15, -0.1) is 0 Å². The lowest BCUT2D eigenvalue weighted by Gasteiger charge is -1.98. The molecule has 1 aromatic heterocycles. The number of aromatic nitrogens is 1. The summed E-state index contributed by atoms with van der Waals surface area (Å²) in [5, 5.41) is 8.49. The number of ether oxygens (including phenoxy) is 1. The Morgan fingerprint density at radius 3 is 3.00 bits per heavy atom. The van der Waals surface area contributed by atoms with Crippen LogP contribution in [-0.2, 0) is 0 Å². The Kier molecular flexibility index (Phi) is 1.93. The number of pyridine rings is 1. The van der Waals surface area contributed by atoms with Crippen LogP contribution in [0.4, 0.5) is 0 Å². The molecule has 11 heavy (non-hydrogen) atoms. The van der Waals surface area contributed by atoms with E-state index in [1.807, 2.05) is 6.07 Å². The van der Waals surface area contributed by atoms with Crippen molar-refractivity contribution < 1.29 is 4.74 Å². The first-order chi connectivity index (χ1) is 5.27. The van der Waals surface area contributed by atoms with Crippen LogP contribution in [0.2, 0.25) is 0 Å². The molecular formula is C7H6N2O2. The molecule has 0 unspecified atom stereocenters. The molecule has 0 radical (unpaired) electrons. The summed E-state index contributed by atoms with van der Waals surface area (Å²) >= 11 is 0. The molecule has 0 aliphatic rings. The molecule has 4 nitrogen and oxygen atoms in total. The normalized spacial score (nSPS) is 8.73. The lowest BCUT2D eigenvalue weighted by Crippen LogP contribution is -2.04. The van der Waals surface area contributed by atoms with Gasteiger partial charge in [-0.3, -0.25) is 4.79 Å². The Morgan fingerprint density at radius 1 is 1.73 bits per heavy atom. The molecule has 0 aliphatic heterocycles. The Bertz CT molecular complexity index is 348. The third kappa shape index (κ3) is 1.38. The number of hydrogen-bond donors (Lipinski definition) is 1. The van der Waals surface area contributed by atoms with E-state index < -0.39 is 0 Å². The van der Waals surface area contributed by atoms with Crippen molar-refractivity contribution >= 4 is 0 Å². The second-order valence-corrected chi connectivity index (χ2v) is 1.89. The van der Waals surface area contributed by atoms with Crippen molar-refractivity contribution in [3.8, 4) is 11.8 Å². The van der Waals surface area contributed by atoms with Crippen molar-refractivity contribution in [1.82, 2.24) is 4.98 Å². The van der Waals surface area contributed by atoms with Crippen molar-refractivity contribution in [3.63, 3.8) is 0 Å². The first-order valence-corrected chi connectivity index (χ1v) is 2.94. The minimum Gasteiger partial charge on any atom is -0.495 e. The minimum absolute atomic E-state index is 0.277. The predicted molar refractivity (Wildman–Crippen MR) is 38.3 cm³/mol. The second kappa shape index (κ2) is 2.88. The van der Waals surface area contributed by atoms with E-state index in [1.54, 1.807) is 0 Å². The van der Waals surface area contributed by atoms with Crippen LogP contribution < -0.4 is 10.3 Å². The van der Waals surface area contributed by atoms with Gasteiger partial charge in [0, 0.05) is 12.3 Å². The van der Waals surface area contributed by atoms with Gasteiger partial charge in [0.25, 0.3) is 5.56 Å². The third-order valence-corrected chi connectivity index (χ3v) is 1.23. The van der Waals surface area contributed by atoms with Crippen LogP contribution in [0, 0.1) is 11.3 Å². The average molecular weight is 150 g/mol. The van der Waals surface area contributed by atoms with Gasteiger partial charge in [-0.25, -0.2) is 0 Å². The van der Waals surface area contributed by atoms with Crippen molar-refractivity contribution in [2.24, 2.45) is 0 Å². The maximum Gasteiger partial charge on any atom is 0.251 e. The van der Waals surface area contributed by atoms with Gasteiger partial charge >= 0.3 is 0 Å². The standard InChI is InChI=1S/C7H6N2O2/c1-11-6-2-7(10)9-4-5(6)3-8/h2,4H,1H3,(H,9,10). The number of rotatable bonds is 1. The molecule has 0 aromatic carbocycles. The molecule has 0 bridgehead atoms. The molecule has 1 heterocycles. The zero-order valence-electron chi connectivity index (χ0n) is 5.92. The number of nitrogens with one attached hydrogen (secondary N) is 1. The third-order valence-electron chi connectivity index (χ3n) is 1.23. The zero-order chi connectivity index (χ0) is 8.27. The molecule has 0 saturated carbocycles. The van der Waals surface area contributed by atoms with Gasteiger partial charge in [0.05, 0.1) is 7.11 Å². The van der Waals surface area contributed by atoms with E-state index in [4.69, 9.17) is 10.00 Å². The maximum atomic E-state index is 10.7. The molecule has 0 atom stereocenters. The molecule has 1 N–H and O–H groups in total. The summed E-state index contributed by atoms with van der Waals surface area (Å²) in [6.45, 7) is 0. The van der Waals surface area contributed by atoms with Crippen LogP contribution in [0.15, 0.2) is 17.1 Å². The lowest BCUT2D eigenvalue weighted by molar-refractivity contribution is 0.412. The van der Waals surface area contributed by atoms with Gasteiger partial charge in [0.1, 0.15) is 17.4 Å². The van der Waals surface area contributed by atoms with Gasteiger partial charge in [0.15, 0.2) is 0 Å². The highest BCUT2D eigenvalue weighted by Gasteiger charge is 2.00. The number of nitrogens with zero attached hydrogens (tertiary/aromatic N) is 1. The Morgan fingerprint density at radius 2 is 2.45 bits per heavy atom. The van der Waals surface area contributed by atoms with Crippen molar-refractivity contribution in [2.45, 2.75) is 0 Å². The monoisotopic (exact) mass is 150 g/mol. The second-order valence-electron chi connectivity index (χ2n) is 1.89. The molecule has 0 fully saturated rings.